The Morgan fingerprint density at radius 2 is 1.34 bits per heavy atom. The minimum Gasteiger partial charge on any atom is -0.458 e. The summed E-state index contributed by atoms with van der Waals surface area (Å²) in [6.45, 7) is 13.6. The summed E-state index contributed by atoms with van der Waals surface area (Å²) in [4.78, 5) is 107. The zero-order valence-electron chi connectivity index (χ0n) is 47.8. The van der Waals surface area contributed by atoms with Gasteiger partial charge >= 0.3 is 35.8 Å². The molecule has 5 aliphatic heterocycles. The Morgan fingerprint density at radius 1 is 0.729 bits per heavy atom. The smallest absolute Gasteiger partial charge is 0.341 e. The number of esters is 6. The summed E-state index contributed by atoms with van der Waals surface area (Å²) in [5, 5.41) is 56.8. The molecular weight excluding hydrogens is 1120 g/mol. The fourth-order valence-electron chi connectivity index (χ4n) is 17.4. The number of amides is 2. The number of benzene rings is 3. The van der Waals surface area contributed by atoms with Crippen LogP contribution in [0.2, 0.25) is 0 Å². The molecule has 1 spiro atoms. The third-order valence-corrected chi connectivity index (χ3v) is 20.9. The molecule has 6 N–H and O–H groups in total. The van der Waals surface area contributed by atoms with Crippen molar-refractivity contribution in [2.24, 2.45) is 51.8 Å². The van der Waals surface area contributed by atoms with E-state index in [9.17, 15) is 58.8 Å². The molecule has 9 aliphatic rings. The van der Waals surface area contributed by atoms with Gasteiger partial charge in [0.1, 0.15) is 29.8 Å². The predicted octanol–water partition coefficient (Wildman–Crippen LogP) is 3.30. The van der Waals surface area contributed by atoms with E-state index in [1.165, 1.54) is 39.0 Å². The Kier molecular flexibility index (Phi) is 13.1. The SMILES string of the molecule is CC(=O)Oc1cc2c(cc1F)C1(OC(=O)c3cc(C(=O)NCCC(=O)N[C@@H]4[C@H](O)C5C([C@H](OC(C)=O)[C@H](OC(C)=O)[C@]6(C)[C@@H]7[C@@H]([C@H](O)[C@@H]56)[C@]5(C)[C@](C)(OC(=O)[C@@]5(C)O)O[C@H]7C)[C@]5(C)[C@@H]4C[C@@H]4O[C@@H]4[C@@H]5O)ccc31)c1cc(F)c(OC(C)=O)cc1O2. The molecule has 5 heterocycles. The fourth-order valence-corrected chi connectivity index (χ4v) is 17.4. The molecule has 23 nitrogen and oxygen atoms in total. The second-order valence-electron chi connectivity index (χ2n) is 25.1. The maximum atomic E-state index is 15.7. The molecule has 2 amide bonds. The van der Waals surface area contributed by atoms with Crippen LogP contribution in [-0.4, -0.2) is 141 Å². The fraction of sp³-hybridized carbons (Fsp3) is 0.567. The molecule has 85 heavy (non-hydrogen) atoms. The Labute approximate surface area is 484 Å². The van der Waals surface area contributed by atoms with Crippen molar-refractivity contribution in [2.75, 3.05) is 6.54 Å². The average molecular weight is 1190 g/mol. The van der Waals surface area contributed by atoms with Gasteiger partial charge in [0, 0.05) is 105 Å². The van der Waals surface area contributed by atoms with Crippen LogP contribution in [0.4, 0.5) is 8.78 Å². The standard InChI is InChI=1S/C60H64F2N2O21/c1-21-41-44(57(8)58(9,76)54(75)85-59(57,10)83-21)47(71)42-40-43(49(79-24(4)67)51(56(41,42)7)80-25(5)68)55(6)31(18-38-48(82-38)50(55)72)45(46(40)70)64-39(69)13-14-63-52(73)26-11-12-28-27(15-26)53(74)84-60(28)29-16-32(61)36(77-22(2)65)19-34(29)81-35-20-37(78-23(3)66)33(62)17-30(35)60/h11-12,15-17,19-21,31,38,40-51,70-72,76H,13-14,18H2,1-10H3,(H,63,73)(H,64,69)/t21-,31+,38-,40?,41-,42+,43?,44-,45-,46+,47+,48-,49-,50-,51-,55-,56+,57-,58+,59-/m0/s1. The number of hydrogen-bond donors (Lipinski definition) is 6. The topological polar surface area (TPSA) is 328 Å². The first-order valence-electron chi connectivity index (χ1n) is 28.1. The molecule has 3 saturated heterocycles. The summed E-state index contributed by atoms with van der Waals surface area (Å²) in [7, 11) is 0. The maximum absolute atomic E-state index is 15.7. The van der Waals surface area contributed by atoms with Gasteiger partial charge in [0.2, 0.25) is 11.7 Å². The van der Waals surface area contributed by atoms with E-state index in [4.69, 9.17) is 42.6 Å². The van der Waals surface area contributed by atoms with Gasteiger partial charge < -0.3 is 73.7 Å². The van der Waals surface area contributed by atoms with Crippen molar-refractivity contribution in [1.29, 1.82) is 0 Å². The van der Waals surface area contributed by atoms with Crippen molar-refractivity contribution < 1.29 is 110 Å². The first-order valence-corrected chi connectivity index (χ1v) is 28.1. The molecule has 3 aromatic rings. The summed E-state index contributed by atoms with van der Waals surface area (Å²) >= 11 is 0. The monoisotopic (exact) mass is 1190 g/mol. The zero-order chi connectivity index (χ0) is 61.5. The number of fused-ring (bicyclic) bond motifs is 16. The van der Waals surface area contributed by atoms with Crippen molar-refractivity contribution in [3.05, 3.63) is 81.9 Å². The number of carbonyl (C=O) groups excluding carboxylic acids is 8. The third kappa shape index (κ3) is 7.94. The van der Waals surface area contributed by atoms with Gasteiger partial charge in [-0.05, 0) is 63.3 Å². The zero-order valence-corrected chi connectivity index (χ0v) is 47.8. The van der Waals surface area contributed by atoms with E-state index in [1.54, 1.807) is 27.7 Å². The average Bonchev–Trinajstić information content (AvgIpc) is 1.53. The lowest BCUT2D eigenvalue weighted by Crippen LogP contribution is -2.77. The van der Waals surface area contributed by atoms with Gasteiger partial charge in [0.05, 0.1) is 58.7 Å². The maximum Gasteiger partial charge on any atom is 0.341 e. The van der Waals surface area contributed by atoms with E-state index in [2.05, 4.69) is 10.6 Å². The lowest BCUT2D eigenvalue weighted by atomic mass is 9.40. The lowest BCUT2D eigenvalue weighted by Gasteiger charge is -2.67. The van der Waals surface area contributed by atoms with Gasteiger partial charge in [-0.2, -0.15) is 0 Å². The highest BCUT2D eigenvalue weighted by atomic mass is 19.1. The summed E-state index contributed by atoms with van der Waals surface area (Å²) in [5.74, 6) is -18.5. The van der Waals surface area contributed by atoms with E-state index in [0.717, 1.165) is 45.0 Å². The summed E-state index contributed by atoms with van der Waals surface area (Å²) < 4.78 is 84.5. The van der Waals surface area contributed by atoms with Gasteiger partial charge in [-0.25, -0.2) is 18.4 Å². The normalized spacial score (nSPS) is 39.6. The number of aliphatic hydroxyl groups is 4. The van der Waals surface area contributed by atoms with Gasteiger partial charge in [-0.15, -0.1) is 0 Å². The van der Waals surface area contributed by atoms with E-state index >= 15 is 8.78 Å². The van der Waals surface area contributed by atoms with E-state index in [0.29, 0.717) is 0 Å². The van der Waals surface area contributed by atoms with Crippen LogP contribution >= 0.6 is 0 Å². The molecule has 7 fully saturated rings. The van der Waals surface area contributed by atoms with Crippen molar-refractivity contribution >= 4 is 47.6 Å². The Bertz CT molecular complexity index is 3410. The number of hydrogen-bond acceptors (Lipinski definition) is 21. The van der Waals surface area contributed by atoms with Crippen LogP contribution in [-0.2, 0) is 62.8 Å². The van der Waals surface area contributed by atoms with E-state index in [-0.39, 0.29) is 52.3 Å². The highest BCUT2D eigenvalue weighted by Gasteiger charge is 2.86. The molecule has 2 unspecified atom stereocenters. The number of rotatable bonds is 9. The second-order valence-corrected chi connectivity index (χ2v) is 25.1. The van der Waals surface area contributed by atoms with Crippen LogP contribution in [0, 0.1) is 63.4 Å². The van der Waals surface area contributed by atoms with Crippen LogP contribution in [0.15, 0.2) is 42.5 Å². The minimum atomic E-state index is -2.27. The molecule has 4 aliphatic carbocycles. The molecule has 0 bridgehead atoms. The Morgan fingerprint density at radius 3 is 1.93 bits per heavy atom. The molecular formula is C60H64F2N2O21. The summed E-state index contributed by atoms with van der Waals surface area (Å²) in [6.07, 6.45) is -9.63. The first-order chi connectivity index (χ1) is 39.8. The minimum absolute atomic E-state index is 0.0165. The third-order valence-electron chi connectivity index (χ3n) is 20.9. The second kappa shape index (κ2) is 19.2. The van der Waals surface area contributed by atoms with Crippen LogP contribution < -0.4 is 24.8 Å². The predicted molar refractivity (Wildman–Crippen MR) is 279 cm³/mol. The molecule has 3 aromatic carbocycles. The number of nitrogens with one attached hydrogen (secondary N) is 2. The summed E-state index contributed by atoms with van der Waals surface area (Å²) in [6, 6.07) is 6.46. The van der Waals surface area contributed by atoms with Crippen molar-refractivity contribution in [1.82, 2.24) is 10.6 Å². The molecule has 12 rings (SSSR count). The number of carbonyl (C=O) groups is 8. The van der Waals surface area contributed by atoms with Crippen LogP contribution in [0.25, 0.3) is 0 Å². The summed E-state index contributed by atoms with van der Waals surface area (Å²) in [5.41, 5.74) is -9.67. The molecule has 20 atom stereocenters. The quantitative estimate of drug-likeness (QED) is 0.0775. The number of ether oxygens (including phenoxy) is 9. The van der Waals surface area contributed by atoms with Crippen LogP contribution in [0.3, 0.4) is 0 Å². The van der Waals surface area contributed by atoms with E-state index in [1.807, 2.05) is 0 Å². The first kappa shape index (κ1) is 58.2. The van der Waals surface area contributed by atoms with Crippen molar-refractivity contribution in [3.63, 3.8) is 0 Å². The highest BCUT2D eigenvalue weighted by molar-refractivity contribution is 6.02. The number of halogens is 2. The van der Waals surface area contributed by atoms with Crippen molar-refractivity contribution in [2.45, 2.75) is 154 Å². The largest absolute Gasteiger partial charge is 0.458 e. The Balaban J connectivity index is 0.849. The lowest BCUT2D eigenvalue weighted by molar-refractivity contribution is -0.341. The van der Waals surface area contributed by atoms with Gasteiger partial charge in [0.25, 0.3) is 5.91 Å². The van der Waals surface area contributed by atoms with Gasteiger partial charge in [-0.3, -0.25) is 28.8 Å². The van der Waals surface area contributed by atoms with E-state index < -0.39 is 201 Å². The molecule has 0 aromatic heterocycles. The van der Waals surface area contributed by atoms with Gasteiger partial charge in [-0.1, -0.05) is 19.9 Å². The molecule has 454 valence electrons. The van der Waals surface area contributed by atoms with Crippen LogP contribution in [0.1, 0.15) is 119 Å². The highest BCUT2D eigenvalue weighted by Crippen LogP contribution is 2.76. The molecule has 0 radical (unpaired) electrons. The molecule has 4 saturated carbocycles. The molecule has 25 heteroatoms. The van der Waals surface area contributed by atoms with Crippen molar-refractivity contribution in [3.8, 4) is 23.0 Å². The number of epoxide rings is 1. The van der Waals surface area contributed by atoms with Gasteiger partial charge in [0.15, 0.2) is 34.3 Å². The van der Waals surface area contributed by atoms with Crippen LogP contribution in [0.5, 0.6) is 23.0 Å². The number of aliphatic hydroxyl groups excluding tert-OH is 3. The Hall–Kier alpha value is -7.16.